The Balaban J connectivity index is 3.08. The first kappa shape index (κ1) is 13.2. The van der Waals surface area contributed by atoms with Gasteiger partial charge in [0, 0.05) is 15.4 Å². The van der Waals surface area contributed by atoms with Crippen molar-refractivity contribution in [2.75, 3.05) is 5.75 Å². The molecule has 0 aliphatic heterocycles. The summed E-state index contributed by atoms with van der Waals surface area (Å²) < 4.78 is 11.9. The topological polar surface area (TPSA) is 60.2 Å². The van der Waals surface area contributed by atoms with Crippen LogP contribution in [0.3, 0.4) is 0 Å². The van der Waals surface area contributed by atoms with Crippen molar-refractivity contribution in [1.29, 1.82) is 0 Å². The van der Waals surface area contributed by atoms with Gasteiger partial charge in [-0.05, 0) is 17.7 Å². The van der Waals surface area contributed by atoms with E-state index < -0.39 is 14.3 Å². The molecule has 1 atom stereocenters. The number of hydrogen-bond donors (Lipinski definition) is 2. The van der Waals surface area contributed by atoms with Crippen LogP contribution < -0.4 is 0 Å². The van der Waals surface area contributed by atoms with Gasteiger partial charge in [0.05, 0.1) is 4.92 Å². The molecule has 90 valence electrons. The van der Waals surface area contributed by atoms with Gasteiger partial charge in [0.15, 0.2) is 0 Å². The molecule has 0 radical (unpaired) electrons. The fraction of sp³-hybridized carbons (Fsp3) is 0.400. The highest BCUT2D eigenvalue weighted by Gasteiger charge is 2.12. The summed E-state index contributed by atoms with van der Waals surface area (Å²) in [6.45, 7) is 4.07. The first-order valence-electron chi connectivity index (χ1n) is 4.90. The molecule has 6 heteroatoms. The monoisotopic (exact) mass is 261 g/mol. The molecular formula is C10H15NO3S2. The lowest BCUT2D eigenvalue weighted by Gasteiger charge is -2.00. The number of nitro groups is 1. The SMILES string of the molecule is CC(C)C/[SH]=[SH](=O)/c1ccccc1[N+](=O)[O-]. The van der Waals surface area contributed by atoms with Gasteiger partial charge in [-0.15, -0.1) is 10.3 Å². The van der Waals surface area contributed by atoms with Crippen LogP contribution in [0, 0.1) is 16.0 Å². The number of para-hydroxylation sites is 1. The Labute approximate surface area is 99.5 Å². The van der Waals surface area contributed by atoms with Gasteiger partial charge in [0.1, 0.15) is 4.90 Å². The highest BCUT2D eigenvalue weighted by Crippen LogP contribution is 2.19. The molecule has 0 amide bonds. The molecule has 0 aliphatic rings. The Bertz CT molecular complexity index is 465. The Hall–Kier alpha value is -0.880. The lowest BCUT2D eigenvalue weighted by atomic mass is 10.3. The van der Waals surface area contributed by atoms with E-state index >= 15 is 0 Å². The van der Waals surface area contributed by atoms with Gasteiger partial charge in [0.25, 0.3) is 5.69 Å². The number of benzene rings is 1. The third kappa shape index (κ3) is 3.61. The van der Waals surface area contributed by atoms with Crippen LogP contribution in [0.25, 0.3) is 0 Å². The van der Waals surface area contributed by atoms with Crippen molar-refractivity contribution < 1.29 is 9.13 Å². The summed E-state index contributed by atoms with van der Waals surface area (Å²) in [4.78, 5) is 10.6. The molecule has 1 rings (SSSR count). The number of nitrogens with zero attached hydrogens (tertiary/aromatic N) is 1. The lowest BCUT2D eigenvalue weighted by molar-refractivity contribution is -0.387. The van der Waals surface area contributed by atoms with E-state index in [0.717, 1.165) is 16.1 Å². The minimum atomic E-state index is -1.68. The average Bonchev–Trinajstić information content (AvgIpc) is 2.25. The van der Waals surface area contributed by atoms with Crippen LogP contribution >= 0.6 is 0 Å². The molecule has 0 aromatic heterocycles. The molecule has 4 nitrogen and oxygen atoms in total. The van der Waals surface area contributed by atoms with Crippen LogP contribution in [0.5, 0.6) is 0 Å². The molecule has 1 aromatic carbocycles. The second-order valence-corrected chi connectivity index (χ2v) is 7.35. The minimum Gasteiger partial charge on any atom is -0.260 e. The van der Waals surface area contributed by atoms with Gasteiger partial charge in [-0.25, -0.2) is 0 Å². The second-order valence-electron chi connectivity index (χ2n) is 3.74. The van der Waals surface area contributed by atoms with Gasteiger partial charge < -0.3 is 0 Å². The van der Waals surface area contributed by atoms with Gasteiger partial charge in [0.2, 0.25) is 0 Å². The fourth-order valence-corrected chi connectivity index (χ4v) is 4.68. The van der Waals surface area contributed by atoms with E-state index in [2.05, 4.69) is 0 Å². The number of hydrogen-bond acceptors (Lipinski definition) is 3. The van der Waals surface area contributed by atoms with Crippen molar-refractivity contribution in [2.45, 2.75) is 18.7 Å². The van der Waals surface area contributed by atoms with Gasteiger partial charge in [-0.3, -0.25) is 14.3 Å². The van der Waals surface area contributed by atoms with E-state index in [1.807, 2.05) is 13.8 Å². The summed E-state index contributed by atoms with van der Waals surface area (Å²) in [5.74, 6) is 1.24. The van der Waals surface area contributed by atoms with Crippen molar-refractivity contribution in [3.63, 3.8) is 0 Å². The maximum Gasteiger partial charge on any atom is 0.285 e. The quantitative estimate of drug-likeness (QED) is 0.494. The van der Waals surface area contributed by atoms with E-state index in [9.17, 15) is 14.3 Å². The lowest BCUT2D eigenvalue weighted by Crippen LogP contribution is -1.97. The molecule has 0 fully saturated rings. The highest BCUT2D eigenvalue weighted by atomic mass is 32.8. The molecular weight excluding hydrogens is 246 g/mol. The van der Waals surface area contributed by atoms with Crippen LogP contribution in [-0.2, 0) is 19.7 Å². The summed E-state index contributed by atoms with van der Waals surface area (Å²) in [5.41, 5.74) is -0.0418. The van der Waals surface area contributed by atoms with Gasteiger partial charge in [-0.2, -0.15) is 0 Å². The molecule has 0 N–H and O–H groups in total. The van der Waals surface area contributed by atoms with Crippen LogP contribution in [-0.4, -0.2) is 14.9 Å². The maximum absolute atomic E-state index is 11.9. The Morgan fingerprint density at radius 1 is 1.44 bits per heavy atom. The van der Waals surface area contributed by atoms with Crippen molar-refractivity contribution in [1.82, 2.24) is 0 Å². The van der Waals surface area contributed by atoms with E-state index in [0.29, 0.717) is 10.8 Å². The number of thiol groups is 2. The van der Waals surface area contributed by atoms with Crippen molar-refractivity contribution in [3.8, 4) is 0 Å². The molecule has 0 spiro atoms. The summed E-state index contributed by atoms with van der Waals surface area (Å²) in [5, 5.41) is 10.7. The Kier molecular flexibility index (Phi) is 4.95. The summed E-state index contributed by atoms with van der Waals surface area (Å²) in [7, 11) is -0.915. The van der Waals surface area contributed by atoms with Crippen LogP contribution in [0.1, 0.15) is 13.8 Å². The molecule has 1 aromatic rings. The molecule has 16 heavy (non-hydrogen) atoms. The second kappa shape index (κ2) is 6.00. The van der Waals surface area contributed by atoms with Gasteiger partial charge in [-0.1, -0.05) is 26.0 Å². The normalized spacial score (nSPS) is 13.4. The molecule has 0 saturated carbocycles. The number of rotatable bonds is 4. The smallest absolute Gasteiger partial charge is 0.260 e. The standard InChI is InChI=1S/C10H15NO3S2/c1-8(2)7-15-16(14)10-6-4-3-5-9(10)11(12)13/h3-6,8,15-16H,7H2,1-2H3. The number of nitro benzene ring substituents is 1. The van der Waals surface area contributed by atoms with Gasteiger partial charge >= 0.3 is 0 Å². The fourth-order valence-electron chi connectivity index (χ4n) is 1.09. The van der Waals surface area contributed by atoms with Crippen molar-refractivity contribution in [2.24, 2.45) is 5.92 Å². The average molecular weight is 261 g/mol. The molecule has 0 aliphatic carbocycles. The third-order valence-corrected chi connectivity index (χ3v) is 5.71. The summed E-state index contributed by atoms with van der Waals surface area (Å²) >= 11 is 0. The molecule has 1 unspecified atom stereocenters. The molecule has 0 heterocycles. The summed E-state index contributed by atoms with van der Waals surface area (Å²) in [6.07, 6.45) is 0. The van der Waals surface area contributed by atoms with Crippen LogP contribution in [0.4, 0.5) is 5.69 Å². The van der Waals surface area contributed by atoms with E-state index in [1.165, 1.54) is 6.07 Å². The van der Waals surface area contributed by atoms with E-state index in [4.69, 9.17) is 0 Å². The molecule has 0 saturated heterocycles. The zero-order chi connectivity index (χ0) is 12.1. The molecule has 0 bridgehead atoms. The summed E-state index contributed by atoms with van der Waals surface area (Å²) in [6, 6.07) is 6.24. The minimum absolute atomic E-state index is 0.0418. The Morgan fingerprint density at radius 2 is 2.06 bits per heavy atom. The first-order chi connectivity index (χ1) is 7.52. The predicted octanol–water partition coefficient (Wildman–Crippen LogP) is 1.82. The van der Waals surface area contributed by atoms with Crippen molar-refractivity contribution >= 4 is 25.4 Å². The van der Waals surface area contributed by atoms with E-state index in [1.54, 1.807) is 18.2 Å². The first-order valence-corrected chi connectivity index (χ1v) is 7.95. The van der Waals surface area contributed by atoms with Crippen LogP contribution in [0.15, 0.2) is 29.2 Å². The van der Waals surface area contributed by atoms with E-state index in [-0.39, 0.29) is 5.69 Å². The van der Waals surface area contributed by atoms with Crippen molar-refractivity contribution in [3.05, 3.63) is 34.4 Å². The largest absolute Gasteiger partial charge is 0.285 e. The van der Waals surface area contributed by atoms with Crippen LogP contribution in [0.2, 0.25) is 0 Å². The zero-order valence-electron chi connectivity index (χ0n) is 9.16. The predicted molar refractivity (Wildman–Crippen MR) is 69.4 cm³/mol. The maximum atomic E-state index is 11.9. The zero-order valence-corrected chi connectivity index (χ0v) is 10.9. The Morgan fingerprint density at radius 3 is 2.62 bits per heavy atom. The highest BCUT2D eigenvalue weighted by molar-refractivity contribution is 8.29. The third-order valence-electron chi connectivity index (χ3n) is 1.86.